The van der Waals surface area contributed by atoms with Crippen LogP contribution in [-0.2, 0) is 16.9 Å². The van der Waals surface area contributed by atoms with Gasteiger partial charge in [-0.1, -0.05) is 36.4 Å². The highest BCUT2D eigenvalue weighted by Gasteiger charge is 2.53. The molecule has 2 atom stereocenters. The Morgan fingerprint density at radius 3 is 2.37 bits per heavy atom. The number of nitrogens with two attached hydrogens (primary N) is 1. The van der Waals surface area contributed by atoms with Crippen molar-refractivity contribution < 1.29 is 18.7 Å². The number of rotatable bonds is 6. The molecular formula is C26H35Cl2F2N3O2. The Bertz CT molecular complexity index is 968. The molecule has 1 heterocycles. The maximum absolute atomic E-state index is 14.0. The summed E-state index contributed by atoms with van der Waals surface area (Å²) in [7, 11) is 0. The molecule has 2 aliphatic rings. The Hall–Kier alpha value is -1.93. The minimum absolute atomic E-state index is 0. The van der Waals surface area contributed by atoms with E-state index in [0.29, 0.717) is 5.56 Å². The Balaban J connectivity index is 0.00000216. The van der Waals surface area contributed by atoms with Gasteiger partial charge in [0.15, 0.2) is 5.60 Å². The average Bonchev–Trinajstić information content (AvgIpc) is 3.14. The van der Waals surface area contributed by atoms with Crippen LogP contribution < -0.4 is 11.1 Å². The number of carbonyl (C=O) groups excluding carboxylic acids is 1. The van der Waals surface area contributed by atoms with Crippen LogP contribution in [0.2, 0.25) is 0 Å². The predicted molar refractivity (Wildman–Crippen MR) is 139 cm³/mol. The minimum Gasteiger partial charge on any atom is -0.399 e. The van der Waals surface area contributed by atoms with Gasteiger partial charge in [-0.15, -0.1) is 24.8 Å². The van der Waals surface area contributed by atoms with Crippen LogP contribution in [0.5, 0.6) is 0 Å². The number of halogens is 4. The second kappa shape index (κ2) is 11.9. The quantitative estimate of drug-likeness (QED) is 0.468. The van der Waals surface area contributed by atoms with Gasteiger partial charge in [-0.3, -0.25) is 9.69 Å². The van der Waals surface area contributed by atoms with Crippen LogP contribution in [0.3, 0.4) is 0 Å². The molecular weight excluding hydrogens is 495 g/mol. The van der Waals surface area contributed by atoms with Gasteiger partial charge in [0.2, 0.25) is 5.92 Å². The summed E-state index contributed by atoms with van der Waals surface area (Å²) in [6.07, 6.45) is 0.799. The van der Waals surface area contributed by atoms with Gasteiger partial charge in [0, 0.05) is 50.1 Å². The fraction of sp³-hybridized carbons (Fsp3) is 0.500. The molecule has 4 N–H and O–H groups in total. The lowest BCUT2D eigenvalue weighted by atomic mass is 9.79. The highest BCUT2D eigenvalue weighted by Crippen LogP contribution is 2.47. The van der Waals surface area contributed by atoms with E-state index in [4.69, 9.17) is 5.73 Å². The second-order valence-corrected chi connectivity index (χ2v) is 9.70. The third kappa shape index (κ3) is 6.85. The number of alkyl halides is 2. The van der Waals surface area contributed by atoms with Crippen LogP contribution in [0.1, 0.15) is 48.8 Å². The summed E-state index contributed by atoms with van der Waals surface area (Å²) in [6, 6.07) is 14.5. The first-order valence-corrected chi connectivity index (χ1v) is 11.7. The number of aliphatic hydroxyl groups is 1. The van der Waals surface area contributed by atoms with Crippen LogP contribution in [-0.4, -0.2) is 41.0 Å². The zero-order chi connectivity index (χ0) is 23.6. The van der Waals surface area contributed by atoms with Crippen molar-refractivity contribution in [1.29, 1.82) is 0 Å². The zero-order valence-electron chi connectivity index (χ0n) is 19.9. The Morgan fingerprint density at radius 2 is 1.80 bits per heavy atom. The monoisotopic (exact) mass is 529 g/mol. The number of carbonyl (C=O) groups is 1. The predicted octanol–water partition coefficient (Wildman–Crippen LogP) is 4.82. The van der Waals surface area contributed by atoms with Crippen molar-refractivity contribution in [2.24, 2.45) is 5.92 Å². The maximum atomic E-state index is 14.0. The smallest absolute Gasteiger partial charge is 0.257 e. The normalized spacial score (nSPS) is 21.9. The van der Waals surface area contributed by atoms with Crippen molar-refractivity contribution >= 4 is 36.4 Å². The number of piperidine rings is 1. The molecule has 4 rings (SSSR count). The van der Waals surface area contributed by atoms with Crippen LogP contribution in [0.15, 0.2) is 48.5 Å². The number of anilines is 1. The molecule has 1 aliphatic carbocycles. The van der Waals surface area contributed by atoms with E-state index >= 15 is 0 Å². The van der Waals surface area contributed by atoms with Gasteiger partial charge in [-0.25, -0.2) is 8.78 Å². The van der Waals surface area contributed by atoms with Crippen LogP contribution >= 0.6 is 24.8 Å². The van der Waals surface area contributed by atoms with Gasteiger partial charge in [0.25, 0.3) is 5.91 Å². The van der Waals surface area contributed by atoms with Gasteiger partial charge in [-0.2, -0.15) is 0 Å². The lowest BCUT2D eigenvalue weighted by Gasteiger charge is -2.37. The van der Waals surface area contributed by atoms with Crippen molar-refractivity contribution in [3.63, 3.8) is 0 Å². The van der Waals surface area contributed by atoms with Gasteiger partial charge < -0.3 is 16.2 Å². The van der Waals surface area contributed by atoms with Gasteiger partial charge >= 0.3 is 0 Å². The van der Waals surface area contributed by atoms with Gasteiger partial charge in [0.1, 0.15) is 0 Å². The number of hydrogen-bond acceptors (Lipinski definition) is 4. The Morgan fingerprint density at radius 1 is 1.14 bits per heavy atom. The molecule has 2 aromatic carbocycles. The number of nitrogen functional groups attached to an aromatic ring is 1. The first-order chi connectivity index (χ1) is 15.7. The van der Waals surface area contributed by atoms with Crippen molar-refractivity contribution in [2.45, 2.75) is 63.1 Å². The van der Waals surface area contributed by atoms with Crippen molar-refractivity contribution in [3.05, 3.63) is 65.2 Å². The van der Waals surface area contributed by atoms with Crippen molar-refractivity contribution in [2.75, 3.05) is 18.8 Å². The molecule has 1 aliphatic heterocycles. The Kier molecular flexibility index (Phi) is 9.94. The van der Waals surface area contributed by atoms with Crippen molar-refractivity contribution in [1.82, 2.24) is 10.2 Å². The molecule has 194 valence electrons. The van der Waals surface area contributed by atoms with Crippen LogP contribution in [0, 0.1) is 12.8 Å². The summed E-state index contributed by atoms with van der Waals surface area (Å²) in [6.45, 7) is 4.40. The fourth-order valence-electron chi connectivity index (χ4n) is 5.33. The molecule has 35 heavy (non-hydrogen) atoms. The first kappa shape index (κ1) is 29.3. The third-order valence-electron chi connectivity index (χ3n) is 7.04. The number of amides is 1. The number of benzene rings is 2. The second-order valence-electron chi connectivity index (χ2n) is 9.70. The Labute approximate surface area is 218 Å². The molecule has 1 saturated carbocycles. The summed E-state index contributed by atoms with van der Waals surface area (Å²) in [5, 5.41) is 14.5. The lowest BCUT2D eigenvalue weighted by molar-refractivity contribution is -0.149. The van der Waals surface area contributed by atoms with E-state index in [-0.39, 0.29) is 43.7 Å². The zero-order valence-corrected chi connectivity index (χ0v) is 21.5. The standard InChI is InChI=1S/C26H33F2N3O2.2ClH/c1-18-13-19(15-22(29)14-18)17-31-11-8-23(9-12-31)30-24(32)26(33,20-5-3-2-4-6-20)21-7-10-25(27,28)16-21;;/h2-6,13-15,21,23,33H,7-12,16-17,29H2,1H3,(H,30,32);2*1H/t21-,26?;;/m1../s1. The molecule has 0 bridgehead atoms. The number of nitrogens with zero attached hydrogens (tertiary/aromatic N) is 1. The highest BCUT2D eigenvalue weighted by atomic mass is 35.5. The third-order valence-corrected chi connectivity index (χ3v) is 7.04. The van der Waals surface area contributed by atoms with E-state index < -0.39 is 29.8 Å². The number of hydrogen-bond donors (Lipinski definition) is 3. The molecule has 0 spiro atoms. The molecule has 9 heteroatoms. The first-order valence-electron chi connectivity index (χ1n) is 11.7. The van der Waals surface area contributed by atoms with E-state index in [9.17, 15) is 18.7 Å². The number of aryl methyl sites for hydroxylation is 1. The molecule has 2 fully saturated rings. The molecule has 1 saturated heterocycles. The molecule has 0 aromatic heterocycles. The highest BCUT2D eigenvalue weighted by molar-refractivity contribution is 5.87. The largest absolute Gasteiger partial charge is 0.399 e. The summed E-state index contributed by atoms with van der Waals surface area (Å²) in [5.41, 5.74) is 7.42. The number of likely N-dealkylation sites (tertiary alicyclic amines) is 1. The maximum Gasteiger partial charge on any atom is 0.257 e. The number of nitrogens with one attached hydrogen (secondary N) is 1. The molecule has 5 nitrogen and oxygen atoms in total. The molecule has 1 amide bonds. The topological polar surface area (TPSA) is 78.6 Å². The van der Waals surface area contributed by atoms with E-state index in [1.165, 1.54) is 0 Å². The van der Waals surface area contributed by atoms with Gasteiger partial charge in [-0.05, 0) is 55.0 Å². The SMILES string of the molecule is Cc1cc(N)cc(CN2CCC(NC(=O)C(O)(c3ccccc3)[C@@H]3CCC(F)(F)C3)CC2)c1.Cl.Cl. The summed E-state index contributed by atoms with van der Waals surface area (Å²) in [4.78, 5) is 15.7. The van der Waals surface area contributed by atoms with E-state index in [1.54, 1.807) is 30.3 Å². The fourth-order valence-corrected chi connectivity index (χ4v) is 5.33. The van der Waals surface area contributed by atoms with E-state index in [1.807, 2.05) is 19.1 Å². The molecule has 2 aromatic rings. The minimum atomic E-state index is -2.85. The summed E-state index contributed by atoms with van der Waals surface area (Å²) in [5.74, 6) is -4.24. The van der Waals surface area contributed by atoms with E-state index in [0.717, 1.165) is 49.3 Å². The van der Waals surface area contributed by atoms with Gasteiger partial charge in [0.05, 0.1) is 0 Å². The lowest BCUT2D eigenvalue weighted by Crippen LogP contribution is -2.54. The van der Waals surface area contributed by atoms with Crippen molar-refractivity contribution in [3.8, 4) is 0 Å². The van der Waals surface area contributed by atoms with Crippen LogP contribution in [0.25, 0.3) is 0 Å². The molecule has 1 unspecified atom stereocenters. The summed E-state index contributed by atoms with van der Waals surface area (Å²) < 4.78 is 28.0. The summed E-state index contributed by atoms with van der Waals surface area (Å²) >= 11 is 0. The molecule has 0 radical (unpaired) electrons. The van der Waals surface area contributed by atoms with Crippen LogP contribution in [0.4, 0.5) is 14.5 Å². The average molecular weight is 530 g/mol. The van der Waals surface area contributed by atoms with E-state index in [2.05, 4.69) is 16.3 Å².